The van der Waals surface area contributed by atoms with E-state index in [1.807, 2.05) is 6.92 Å². The van der Waals surface area contributed by atoms with E-state index in [4.69, 9.17) is 9.47 Å². The number of unbranched alkanes of at least 4 members (excludes halogenated alkanes) is 4. The summed E-state index contributed by atoms with van der Waals surface area (Å²) in [5.41, 5.74) is 0.449. The highest BCUT2D eigenvalue weighted by molar-refractivity contribution is 5.69. The zero-order valence-corrected chi connectivity index (χ0v) is 12.3. The third kappa shape index (κ3) is 7.70. The molecule has 0 bridgehead atoms. The van der Waals surface area contributed by atoms with Gasteiger partial charge in [0.2, 0.25) is 6.29 Å². The predicted octanol–water partition coefficient (Wildman–Crippen LogP) is 4.05. The lowest BCUT2D eigenvalue weighted by Gasteiger charge is -2.17. The van der Waals surface area contributed by atoms with E-state index in [-0.39, 0.29) is 18.4 Å². The van der Waals surface area contributed by atoms with Gasteiger partial charge in [-0.05, 0) is 25.2 Å². The maximum Gasteiger partial charge on any atom is 0.308 e. The first kappa shape index (κ1) is 15.5. The average molecular weight is 256 g/mol. The van der Waals surface area contributed by atoms with E-state index in [0.717, 1.165) is 12.8 Å². The summed E-state index contributed by atoms with van der Waals surface area (Å²) in [6.45, 7) is 8.75. The molecule has 0 aromatic carbocycles. The molecule has 3 nitrogen and oxygen atoms in total. The van der Waals surface area contributed by atoms with Crippen molar-refractivity contribution < 1.29 is 14.3 Å². The summed E-state index contributed by atoms with van der Waals surface area (Å²) in [5.74, 6) is -0.112. The molecule has 1 rings (SSSR count). The first-order chi connectivity index (χ1) is 8.38. The Bertz CT molecular complexity index is 255. The Kier molecular flexibility index (Phi) is 6.13. The molecule has 0 spiro atoms. The molecule has 0 aromatic rings. The summed E-state index contributed by atoms with van der Waals surface area (Å²) >= 11 is 0. The van der Waals surface area contributed by atoms with Gasteiger partial charge in [-0.15, -0.1) is 0 Å². The normalized spacial score (nSPS) is 22.9. The minimum absolute atomic E-state index is 0.103. The van der Waals surface area contributed by atoms with Crippen molar-refractivity contribution in [3.05, 3.63) is 0 Å². The van der Waals surface area contributed by atoms with Crippen molar-refractivity contribution in [2.24, 2.45) is 5.41 Å². The minimum Gasteiger partial charge on any atom is -0.433 e. The van der Waals surface area contributed by atoms with Gasteiger partial charge in [0.05, 0.1) is 0 Å². The van der Waals surface area contributed by atoms with Crippen LogP contribution in [-0.2, 0) is 14.3 Å². The van der Waals surface area contributed by atoms with Crippen molar-refractivity contribution in [3.63, 3.8) is 0 Å². The Morgan fingerprint density at radius 1 is 1.11 bits per heavy atom. The molecule has 1 aliphatic rings. The van der Waals surface area contributed by atoms with Crippen LogP contribution < -0.4 is 0 Å². The highest BCUT2D eigenvalue weighted by Gasteiger charge is 2.37. The summed E-state index contributed by atoms with van der Waals surface area (Å²) in [5, 5.41) is 0. The Labute approximate surface area is 111 Å². The Balaban J connectivity index is 1.85. The lowest BCUT2D eigenvalue weighted by molar-refractivity contribution is -0.148. The SMILES string of the molecule is CC1OC1OC(=O)CCCCCCCC(C)(C)C. The second-order valence-electron chi connectivity index (χ2n) is 6.53. The third-order valence-corrected chi connectivity index (χ3v) is 3.21. The number of carbonyl (C=O) groups excluding carboxylic acids is 1. The Hall–Kier alpha value is -0.570. The van der Waals surface area contributed by atoms with E-state index >= 15 is 0 Å². The molecule has 0 aliphatic carbocycles. The van der Waals surface area contributed by atoms with E-state index < -0.39 is 0 Å². The third-order valence-electron chi connectivity index (χ3n) is 3.21. The van der Waals surface area contributed by atoms with E-state index in [0.29, 0.717) is 11.8 Å². The molecule has 2 unspecified atom stereocenters. The maximum atomic E-state index is 11.4. The topological polar surface area (TPSA) is 38.8 Å². The summed E-state index contributed by atoms with van der Waals surface area (Å²) in [4.78, 5) is 11.4. The van der Waals surface area contributed by atoms with Gasteiger partial charge in [-0.25, -0.2) is 0 Å². The molecule has 0 aromatic heterocycles. The monoisotopic (exact) mass is 256 g/mol. The largest absolute Gasteiger partial charge is 0.433 e. The van der Waals surface area contributed by atoms with Gasteiger partial charge in [0.1, 0.15) is 6.10 Å². The number of rotatable bonds is 8. The quantitative estimate of drug-likeness (QED) is 0.373. The van der Waals surface area contributed by atoms with E-state index in [9.17, 15) is 4.79 Å². The van der Waals surface area contributed by atoms with Crippen LogP contribution >= 0.6 is 0 Å². The van der Waals surface area contributed by atoms with Gasteiger partial charge in [0, 0.05) is 6.42 Å². The number of hydrogen-bond acceptors (Lipinski definition) is 3. The molecule has 0 N–H and O–H groups in total. The van der Waals surface area contributed by atoms with Crippen LogP contribution in [-0.4, -0.2) is 18.4 Å². The lowest BCUT2D eigenvalue weighted by atomic mass is 9.89. The van der Waals surface area contributed by atoms with Crippen LogP contribution in [0.3, 0.4) is 0 Å². The Morgan fingerprint density at radius 2 is 1.67 bits per heavy atom. The molecule has 0 amide bonds. The molecule has 3 heteroatoms. The fraction of sp³-hybridized carbons (Fsp3) is 0.933. The molecule has 2 atom stereocenters. The molecular weight excluding hydrogens is 228 g/mol. The van der Waals surface area contributed by atoms with Crippen LogP contribution in [0.5, 0.6) is 0 Å². The molecule has 1 heterocycles. The second-order valence-corrected chi connectivity index (χ2v) is 6.53. The Morgan fingerprint density at radius 3 is 2.22 bits per heavy atom. The number of hydrogen-bond donors (Lipinski definition) is 0. The standard InChI is InChI=1S/C15H28O3/c1-12-14(17-12)18-13(16)10-8-6-5-7-9-11-15(2,3)4/h12,14H,5-11H2,1-4H3. The van der Waals surface area contributed by atoms with E-state index in [1.54, 1.807) is 0 Å². The first-order valence-corrected chi connectivity index (χ1v) is 7.23. The average Bonchev–Trinajstić information content (AvgIpc) is 2.91. The van der Waals surface area contributed by atoms with E-state index in [2.05, 4.69) is 20.8 Å². The zero-order chi connectivity index (χ0) is 13.6. The number of esters is 1. The van der Waals surface area contributed by atoms with Crippen LogP contribution in [0.1, 0.15) is 72.6 Å². The van der Waals surface area contributed by atoms with Crippen LogP contribution in [0.15, 0.2) is 0 Å². The van der Waals surface area contributed by atoms with E-state index in [1.165, 1.54) is 25.7 Å². The maximum absolute atomic E-state index is 11.4. The highest BCUT2D eigenvalue weighted by atomic mass is 16.8. The fourth-order valence-electron chi connectivity index (χ4n) is 1.93. The summed E-state index contributed by atoms with van der Waals surface area (Å²) in [6.07, 6.45) is 7.51. The van der Waals surface area contributed by atoms with Gasteiger partial charge in [-0.2, -0.15) is 0 Å². The number of ether oxygens (including phenoxy) is 2. The van der Waals surface area contributed by atoms with Crippen molar-refractivity contribution in [2.75, 3.05) is 0 Å². The van der Waals surface area contributed by atoms with Crippen molar-refractivity contribution in [1.29, 1.82) is 0 Å². The fourth-order valence-corrected chi connectivity index (χ4v) is 1.93. The van der Waals surface area contributed by atoms with Crippen molar-refractivity contribution >= 4 is 5.97 Å². The second kappa shape index (κ2) is 7.13. The van der Waals surface area contributed by atoms with Crippen molar-refractivity contribution in [2.45, 2.75) is 85.0 Å². The number of epoxide rings is 1. The predicted molar refractivity (Wildman–Crippen MR) is 72.2 cm³/mol. The van der Waals surface area contributed by atoms with Crippen molar-refractivity contribution in [1.82, 2.24) is 0 Å². The van der Waals surface area contributed by atoms with Crippen LogP contribution in [0.4, 0.5) is 0 Å². The minimum atomic E-state index is -0.260. The van der Waals surface area contributed by atoms with Crippen LogP contribution in [0.2, 0.25) is 0 Å². The molecular formula is C15H28O3. The van der Waals surface area contributed by atoms with Gasteiger partial charge in [0.15, 0.2) is 0 Å². The summed E-state index contributed by atoms with van der Waals surface area (Å²) in [7, 11) is 0. The molecule has 18 heavy (non-hydrogen) atoms. The number of carbonyl (C=O) groups is 1. The summed E-state index contributed by atoms with van der Waals surface area (Å²) in [6, 6.07) is 0. The zero-order valence-electron chi connectivity index (χ0n) is 12.3. The highest BCUT2D eigenvalue weighted by Crippen LogP contribution is 2.24. The van der Waals surface area contributed by atoms with Gasteiger partial charge < -0.3 is 9.47 Å². The van der Waals surface area contributed by atoms with Gasteiger partial charge in [-0.3, -0.25) is 4.79 Å². The molecule has 1 saturated heterocycles. The molecule has 1 aliphatic heterocycles. The molecule has 1 fully saturated rings. The molecule has 106 valence electrons. The lowest BCUT2D eigenvalue weighted by Crippen LogP contribution is -2.08. The molecule has 0 radical (unpaired) electrons. The van der Waals surface area contributed by atoms with Gasteiger partial charge >= 0.3 is 5.97 Å². The van der Waals surface area contributed by atoms with Gasteiger partial charge in [-0.1, -0.05) is 46.5 Å². The smallest absolute Gasteiger partial charge is 0.308 e. The summed E-state index contributed by atoms with van der Waals surface area (Å²) < 4.78 is 10.1. The van der Waals surface area contributed by atoms with Gasteiger partial charge in [0.25, 0.3) is 0 Å². The van der Waals surface area contributed by atoms with Crippen molar-refractivity contribution in [3.8, 4) is 0 Å². The van der Waals surface area contributed by atoms with Crippen LogP contribution in [0.25, 0.3) is 0 Å². The van der Waals surface area contributed by atoms with Crippen LogP contribution in [0, 0.1) is 5.41 Å². The first-order valence-electron chi connectivity index (χ1n) is 7.23. The molecule has 0 saturated carbocycles.